The minimum Gasteiger partial charge on any atom is -0.382 e. The lowest BCUT2D eigenvalue weighted by molar-refractivity contribution is 0.926. The smallest absolute Gasteiger partial charge is 0.183 e. The molecule has 0 unspecified atom stereocenters. The van der Waals surface area contributed by atoms with E-state index in [4.69, 9.17) is 11.5 Å². The molecule has 0 amide bonds. The monoisotopic (exact) mass is 164 g/mol. The van der Waals surface area contributed by atoms with E-state index in [2.05, 4.69) is 19.9 Å². The van der Waals surface area contributed by atoms with Gasteiger partial charge in [-0.2, -0.15) is 0 Å². The Morgan fingerprint density at radius 2 is 2.25 bits per heavy atom. The highest BCUT2D eigenvalue weighted by Crippen LogP contribution is 2.11. The van der Waals surface area contributed by atoms with E-state index in [-0.39, 0.29) is 6.54 Å². The van der Waals surface area contributed by atoms with E-state index in [9.17, 15) is 0 Å². The molecular formula is C6H8N6. The van der Waals surface area contributed by atoms with Gasteiger partial charge in [0.25, 0.3) is 0 Å². The van der Waals surface area contributed by atoms with Gasteiger partial charge in [-0.25, -0.2) is 15.0 Å². The molecule has 0 aliphatic rings. The van der Waals surface area contributed by atoms with Crippen molar-refractivity contribution in [3.8, 4) is 0 Å². The first-order valence-electron chi connectivity index (χ1n) is 3.47. The molecule has 0 bridgehead atoms. The summed E-state index contributed by atoms with van der Waals surface area (Å²) in [5.41, 5.74) is 12.2. The van der Waals surface area contributed by atoms with Crippen LogP contribution in [0.1, 0.15) is 5.82 Å². The number of rotatable bonds is 1. The molecule has 0 saturated heterocycles. The zero-order valence-corrected chi connectivity index (χ0v) is 6.28. The zero-order valence-electron chi connectivity index (χ0n) is 6.28. The van der Waals surface area contributed by atoms with E-state index < -0.39 is 0 Å². The highest BCUT2D eigenvalue weighted by Gasteiger charge is 2.04. The minimum atomic E-state index is 0.271. The Morgan fingerprint density at radius 1 is 1.42 bits per heavy atom. The van der Waals surface area contributed by atoms with Crippen LogP contribution in [0.15, 0.2) is 6.33 Å². The number of fused-ring (bicyclic) bond motifs is 1. The summed E-state index contributed by atoms with van der Waals surface area (Å²) in [5.74, 6) is 0.894. The summed E-state index contributed by atoms with van der Waals surface area (Å²) >= 11 is 0. The van der Waals surface area contributed by atoms with E-state index in [1.807, 2.05) is 0 Å². The minimum absolute atomic E-state index is 0.271. The maximum absolute atomic E-state index is 5.60. The van der Waals surface area contributed by atoms with Gasteiger partial charge < -0.3 is 16.5 Å². The summed E-state index contributed by atoms with van der Waals surface area (Å²) in [6.07, 6.45) is 1.52. The number of H-pyrrole nitrogens is 1. The highest BCUT2D eigenvalue weighted by molar-refractivity contribution is 5.80. The Morgan fingerprint density at radius 3 is 3.00 bits per heavy atom. The number of aromatic nitrogens is 4. The van der Waals surface area contributed by atoms with Crippen molar-refractivity contribution in [1.82, 2.24) is 19.9 Å². The number of hydrogen-bond donors (Lipinski definition) is 3. The molecule has 0 saturated carbocycles. The SMILES string of the molecule is NCc1nc(N)c2[nH]cnc2n1. The van der Waals surface area contributed by atoms with E-state index in [0.29, 0.717) is 22.8 Å². The first-order chi connectivity index (χ1) is 5.81. The van der Waals surface area contributed by atoms with Crippen LogP contribution in [0, 0.1) is 0 Å². The Balaban J connectivity index is 2.75. The van der Waals surface area contributed by atoms with Crippen molar-refractivity contribution < 1.29 is 0 Å². The van der Waals surface area contributed by atoms with Crippen LogP contribution in [-0.2, 0) is 6.54 Å². The molecule has 2 rings (SSSR count). The van der Waals surface area contributed by atoms with Crippen LogP contribution < -0.4 is 11.5 Å². The van der Waals surface area contributed by atoms with Crippen LogP contribution in [-0.4, -0.2) is 19.9 Å². The third-order valence-electron chi connectivity index (χ3n) is 1.54. The quantitative estimate of drug-likeness (QED) is 0.521. The van der Waals surface area contributed by atoms with Crippen LogP contribution >= 0.6 is 0 Å². The molecule has 0 spiro atoms. The van der Waals surface area contributed by atoms with Crippen molar-refractivity contribution in [3.63, 3.8) is 0 Å². The summed E-state index contributed by atoms with van der Waals surface area (Å²) in [4.78, 5) is 14.8. The second-order valence-corrected chi connectivity index (χ2v) is 2.33. The number of nitrogens with one attached hydrogen (secondary N) is 1. The van der Waals surface area contributed by atoms with Crippen molar-refractivity contribution in [1.29, 1.82) is 0 Å². The van der Waals surface area contributed by atoms with E-state index in [1.165, 1.54) is 6.33 Å². The largest absolute Gasteiger partial charge is 0.382 e. The third kappa shape index (κ3) is 0.892. The fourth-order valence-electron chi connectivity index (χ4n) is 0.994. The maximum atomic E-state index is 5.60. The van der Waals surface area contributed by atoms with E-state index in [1.54, 1.807) is 0 Å². The standard InChI is InChI=1S/C6H8N6/c7-1-3-11-5(8)4-6(12-3)10-2-9-4/h2H,1,7H2,(H3,8,9,10,11,12). The fourth-order valence-corrected chi connectivity index (χ4v) is 0.994. The predicted molar refractivity (Wildman–Crippen MR) is 44.0 cm³/mol. The lowest BCUT2D eigenvalue weighted by atomic mass is 10.4. The average molecular weight is 164 g/mol. The summed E-state index contributed by atoms with van der Waals surface area (Å²) in [7, 11) is 0. The Kier molecular flexibility index (Phi) is 1.41. The number of imidazole rings is 1. The van der Waals surface area contributed by atoms with Crippen LogP contribution in [0.5, 0.6) is 0 Å². The number of nitrogens with two attached hydrogens (primary N) is 2. The summed E-state index contributed by atoms with van der Waals surface area (Å²) < 4.78 is 0. The number of nitrogen functional groups attached to an aromatic ring is 1. The lowest BCUT2D eigenvalue weighted by Gasteiger charge is -1.97. The van der Waals surface area contributed by atoms with Gasteiger partial charge in [0.2, 0.25) is 0 Å². The first kappa shape index (κ1) is 6.99. The van der Waals surface area contributed by atoms with Crippen LogP contribution in [0.3, 0.4) is 0 Å². The molecule has 62 valence electrons. The fraction of sp³-hybridized carbons (Fsp3) is 0.167. The molecule has 0 aliphatic carbocycles. The van der Waals surface area contributed by atoms with Gasteiger partial charge in [0.1, 0.15) is 11.3 Å². The van der Waals surface area contributed by atoms with Crippen LogP contribution in [0.25, 0.3) is 11.2 Å². The molecule has 6 heteroatoms. The van der Waals surface area contributed by atoms with Gasteiger partial charge in [0.15, 0.2) is 11.5 Å². The molecule has 0 atom stereocenters. The van der Waals surface area contributed by atoms with Gasteiger partial charge in [-0.05, 0) is 0 Å². The molecule has 12 heavy (non-hydrogen) atoms. The topological polar surface area (TPSA) is 106 Å². The van der Waals surface area contributed by atoms with Gasteiger partial charge in [-0.3, -0.25) is 0 Å². The van der Waals surface area contributed by atoms with Crippen molar-refractivity contribution in [2.75, 3.05) is 5.73 Å². The van der Waals surface area contributed by atoms with Crippen molar-refractivity contribution in [3.05, 3.63) is 12.2 Å². The average Bonchev–Trinajstić information content (AvgIpc) is 2.52. The molecule has 5 N–H and O–H groups in total. The Hall–Kier alpha value is -1.69. The third-order valence-corrected chi connectivity index (χ3v) is 1.54. The van der Waals surface area contributed by atoms with Gasteiger partial charge in [-0.15, -0.1) is 0 Å². The molecule has 0 aromatic carbocycles. The summed E-state index contributed by atoms with van der Waals surface area (Å²) in [6.45, 7) is 0.271. The number of anilines is 1. The van der Waals surface area contributed by atoms with Gasteiger partial charge in [0.05, 0.1) is 12.9 Å². The van der Waals surface area contributed by atoms with Gasteiger partial charge in [0, 0.05) is 0 Å². The first-order valence-corrected chi connectivity index (χ1v) is 3.47. The number of hydrogen-bond acceptors (Lipinski definition) is 5. The normalized spacial score (nSPS) is 10.8. The Bertz CT molecular complexity index is 405. The number of nitrogens with zero attached hydrogens (tertiary/aromatic N) is 3. The predicted octanol–water partition coefficient (Wildman–Crippen LogP) is -0.606. The zero-order chi connectivity index (χ0) is 8.55. The highest BCUT2D eigenvalue weighted by atomic mass is 15.1. The number of aromatic amines is 1. The molecule has 2 heterocycles. The molecule has 2 aromatic rings. The molecule has 0 radical (unpaired) electrons. The molecule has 0 fully saturated rings. The van der Waals surface area contributed by atoms with Crippen molar-refractivity contribution in [2.24, 2.45) is 5.73 Å². The maximum Gasteiger partial charge on any atom is 0.183 e. The van der Waals surface area contributed by atoms with Crippen LogP contribution in [0.2, 0.25) is 0 Å². The summed E-state index contributed by atoms with van der Waals surface area (Å²) in [5, 5.41) is 0. The van der Waals surface area contributed by atoms with Crippen LogP contribution in [0.4, 0.5) is 5.82 Å². The van der Waals surface area contributed by atoms with Gasteiger partial charge in [-0.1, -0.05) is 0 Å². The van der Waals surface area contributed by atoms with Crippen molar-refractivity contribution in [2.45, 2.75) is 6.54 Å². The molecular weight excluding hydrogens is 156 g/mol. The Labute approximate surface area is 68.0 Å². The van der Waals surface area contributed by atoms with Crippen molar-refractivity contribution >= 4 is 17.0 Å². The molecule has 6 nitrogen and oxygen atoms in total. The second-order valence-electron chi connectivity index (χ2n) is 2.33. The van der Waals surface area contributed by atoms with E-state index in [0.717, 1.165) is 0 Å². The van der Waals surface area contributed by atoms with Gasteiger partial charge >= 0.3 is 0 Å². The van der Waals surface area contributed by atoms with E-state index >= 15 is 0 Å². The molecule has 0 aliphatic heterocycles. The second kappa shape index (κ2) is 2.42. The lowest BCUT2D eigenvalue weighted by Crippen LogP contribution is -2.05. The molecule has 2 aromatic heterocycles. The summed E-state index contributed by atoms with van der Waals surface area (Å²) in [6, 6.07) is 0.